The van der Waals surface area contributed by atoms with Crippen LogP contribution in [0.25, 0.3) is 0 Å². The van der Waals surface area contributed by atoms with E-state index in [1.54, 1.807) is 0 Å². The number of benzene rings is 1. The van der Waals surface area contributed by atoms with Gasteiger partial charge in [0.25, 0.3) is 0 Å². The van der Waals surface area contributed by atoms with Crippen molar-refractivity contribution < 1.29 is 0 Å². The van der Waals surface area contributed by atoms with Crippen molar-refractivity contribution in [1.29, 1.82) is 0 Å². The third-order valence-electron chi connectivity index (χ3n) is 5.29. The van der Waals surface area contributed by atoms with Gasteiger partial charge in [-0.25, -0.2) is 0 Å². The molecule has 0 amide bonds. The molecular formula is C20H32BrN5. The van der Waals surface area contributed by atoms with Gasteiger partial charge in [-0.2, -0.15) is 0 Å². The molecule has 1 aromatic carbocycles. The Bertz CT molecular complexity index is 588. The van der Waals surface area contributed by atoms with Gasteiger partial charge in [-0.05, 0) is 70.0 Å². The highest BCUT2D eigenvalue weighted by atomic mass is 79.9. The van der Waals surface area contributed by atoms with Crippen LogP contribution in [-0.2, 0) is 0 Å². The Balaban J connectivity index is 1.52. The summed E-state index contributed by atoms with van der Waals surface area (Å²) in [5.41, 5.74) is 1.30. The van der Waals surface area contributed by atoms with Gasteiger partial charge < -0.3 is 20.4 Å². The highest BCUT2D eigenvalue weighted by Gasteiger charge is 2.24. The van der Waals surface area contributed by atoms with Crippen LogP contribution in [0.2, 0.25) is 0 Å². The monoisotopic (exact) mass is 421 g/mol. The first-order valence-electron chi connectivity index (χ1n) is 9.88. The van der Waals surface area contributed by atoms with E-state index in [2.05, 4.69) is 74.6 Å². The second-order valence-electron chi connectivity index (χ2n) is 7.54. The molecule has 0 spiro atoms. The molecule has 2 aliphatic heterocycles. The molecule has 1 aromatic rings. The molecule has 2 N–H and O–H groups in total. The summed E-state index contributed by atoms with van der Waals surface area (Å²) in [6.07, 6.45) is 3.74. The smallest absolute Gasteiger partial charge is 0.191 e. The number of likely N-dealkylation sites (tertiary alicyclic amines) is 1. The van der Waals surface area contributed by atoms with Crippen molar-refractivity contribution in [3.63, 3.8) is 0 Å². The summed E-state index contributed by atoms with van der Waals surface area (Å²) >= 11 is 3.51. The zero-order valence-electron chi connectivity index (χ0n) is 16.0. The number of anilines is 1. The maximum absolute atomic E-state index is 4.89. The molecule has 6 heteroatoms. The van der Waals surface area contributed by atoms with Crippen LogP contribution in [0, 0.1) is 5.92 Å². The summed E-state index contributed by atoms with van der Waals surface area (Å²) in [4.78, 5) is 9.76. The molecule has 0 bridgehead atoms. The van der Waals surface area contributed by atoms with Crippen molar-refractivity contribution in [1.82, 2.24) is 15.5 Å². The number of hydrogen-bond acceptors (Lipinski definition) is 3. The van der Waals surface area contributed by atoms with E-state index >= 15 is 0 Å². The second-order valence-corrected chi connectivity index (χ2v) is 8.46. The van der Waals surface area contributed by atoms with Crippen LogP contribution >= 0.6 is 15.9 Å². The molecule has 2 aliphatic rings. The molecule has 144 valence electrons. The first-order valence-corrected chi connectivity index (χ1v) is 10.7. The summed E-state index contributed by atoms with van der Waals surface area (Å²) in [7, 11) is 2.22. The lowest BCUT2D eigenvalue weighted by molar-refractivity contribution is 0.214. The van der Waals surface area contributed by atoms with Gasteiger partial charge in [-0.1, -0.05) is 15.9 Å². The van der Waals surface area contributed by atoms with Gasteiger partial charge in [0, 0.05) is 48.9 Å². The van der Waals surface area contributed by atoms with Crippen molar-refractivity contribution in [2.24, 2.45) is 10.9 Å². The SMILES string of the molecule is CCNC(=NCC1CCCN(C)C1)NC1CCN(c2ccc(Br)cc2)C1. The van der Waals surface area contributed by atoms with E-state index in [1.807, 2.05) is 0 Å². The fraction of sp³-hybridized carbons (Fsp3) is 0.650. The van der Waals surface area contributed by atoms with Crippen molar-refractivity contribution in [2.75, 3.05) is 51.2 Å². The summed E-state index contributed by atoms with van der Waals surface area (Å²) in [6, 6.07) is 9.05. The van der Waals surface area contributed by atoms with E-state index in [0.29, 0.717) is 12.0 Å². The number of hydrogen-bond donors (Lipinski definition) is 2. The normalized spacial score (nSPS) is 24.7. The van der Waals surface area contributed by atoms with Crippen LogP contribution in [0.5, 0.6) is 0 Å². The van der Waals surface area contributed by atoms with E-state index in [9.17, 15) is 0 Å². The van der Waals surface area contributed by atoms with Gasteiger partial charge >= 0.3 is 0 Å². The summed E-state index contributed by atoms with van der Waals surface area (Å²) in [5, 5.41) is 7.08. The number of nitrogens with zero attached hydrogens (tertiary/aromatic N) is 3. The van der Waals surface area contributed by atoms with Crippen LogP contribution in [0.4, 0.5) is 5.69 Å². The number of nitrogens with one attached hydrogen (secondary N) is 2. The molecule has 0 radical (unpaired) electrons. The van der Waals surface area contributed by atoms with Crippen molar-refractivity contribution in [3.8, 4) is 0 Å². The standard InChI is InChI=1S/C20H32BrN5/c1-3-22-20(23-13-16-5-4-11-25(2)14-16)24-18-10-12-26(15-18)19-8-6-17(21)7-9-19/h6-9,16,18H,3-5,10-15H2,1-2H3,(H2,22,23,24). The second kappa shape index (κ2) is 9.60. The first-order chi connectivity index (χ1) is 12.6. The molecule has 0 aliphatic carbocycles. The zero-order valence-corrected chi connectivity index (χ0v) is 17.6. The highest BCUT2D eigenvalue weighted by Crippen LogP contribution is 2.22. The Morgan fingerprint density at radius 1 is 1.19 bits per heavy atom. The van der Waals surface area contributed by atoms with Gasteiger partial charge in [-0.3, -0.25) is 4.99 Å². The number of aliphatic imine (C=N–C) groups is 1. The number of guanidine groups is 1. The maximum atomic E-state index is 4.89. The topological polar surface area (TPSA) is 42.9 Å². The molecule has 3 rings (SSSR count). The summed E-state index contributed by atoms with van der Waals surface area (Å²) in [5.74, 6) is 1.66. The molecule has 5 nitrogen and oxygen atoms in total. The average Bonchev–Trinajstić information content (AvgIpc) is 3.09. The minimum absolute atomic E-state index is 0.450. The third kappa shape index (κ3) is 5.61. The van der Waals surface area contributed by atoms with Gasteiger partial charge in [0.05, 0.1) is 0 Å². The predicted molar refractivity (Wildman–Crippen MR) is 114 cm³/mol. The molecule has 2 heterocycles. The molecule has 0 saturated carbocycles. The van der Waals surface area contributed by atoms with Crippen molar-refractivity contribution in [2.45, 2.75) is 32.2 Å². The maximum Gasteiger partial charge on any atom is 0.191 e. The Morgan fingerprint density at radius 2 is 2.00 bits per heavy atom. The minimum atomic E-state index is 0.450. The molecule has 0 aromatic heterocycles. The van der Waals surface area contributed by atoms with Gasteiger partial charge in [0.1, 0.15) is 0 Å². The average molecular weight is 422 g/mol. The van der Waals surface area contributed by atoms with E-state index < -0.39 is 0 Å². The van der Waals surface area contributed by atoms with Gasteiger partial charge in [0.15, 0.2) is 5.96 Å². The molecule has 2 saturated heterocycles. The van der Waals surface area contributed by atoms with Gasteiger partial charge in [0.2, 0.25) is 0 Å². The summed E-state index contributed by atoms with van der Waals surface area (Å²) < 4.78 is 1.13. The molecule has 26 heavy (non-hydrogen) atoms. The fourth-order valence-corrected chi connectivity index (χ4v) is 4.18. The van der Waals surface area contributed by atoms with Crippen LogP contribution in [0.3, 0.4) is 0 Å². The van der Waals surface area contributed by atoms with Crippen molar-refractivity contribution in [3.05, 3.63) is 28.7 Å². The molecule has 2 atom stereocenters. The lowest BCUT2D eigenvalue weighted by Crippen LogP contribution is -2.45. The quantitative estimate of drug-likeness (QED) is 0.566. The minimum Gasteiger partial charge on any atom is -0.369 e. The Hall–Kier alpha value is -1.27. The van der Waals surface area contributed by atoms with E-state index in [4.69, 9.17) is 4.99 Å². The number of halogens is 1. The third-order valence-corrected chi connectivity index (χ3v) is 5.82. The van der Waals surface area contributed by atoms with E-state index in [1.165, 1.54) is 31.6 Å². The van der Waals surface area contributed by atoms with E-state index in [-0.39, 0.29) is 0 Å². The lowest BCUT2D eigenvalue weighted by atomic mass is 9.99. The zero-order chi connectivity index (χ0) is 18.4. The Kier molecular flexibility index (Phi) is 7.20. The van der Waals surface area contributed by atoms with Crippen LogP contribution in [0.1, 0.15) is 26.2 Å². The summed E-state index contributed by atoms with van der Waals surface area (Å²) in [6.45, 7) is 8.47. The fourth-order valence-electron chi connectivity index (χ4n) is 3.92. The highest BCUT2D eigenvalue weighted by molar-refractivity contribution is 9.10. The van der Waals surface area contributed by atoms with Gasteiger partial charge in [-0.15, -0.1) is 0 Å². The Morgan fingerprint density at radius 3 is 2.73 bits per heavy atom. The molecular weight excluding hydrogens is 390 g/mol. The predicted octanol–water partition coefficient (Wildman–Crippen LogP) is 2.92. The van der Waals surface area contributed by atoms with Crippen LogP contribution in [-0.4, -0.2) is 63.2 Å². The largest absolute Gasteiger partial charge is 0.369 e. The molecule has 2 unspecified atom stereocenters. The number of rotatable bonds is 5. The van der Waals surface area contributed by atoms with Crippen molar-refractivity contribution >= 4 is 27.6 Å². The number of piperidine rings is 1. The van der Waals surface area contributed by atoms with Crippen LogP contribution in [0.15, 0.2) is 33.7 Å². The molecule has 2 fully saturated rings. The van der Waals surface area contributed by atoms with E-state index in [0.717, 1.165) is 43.0 Å². The van der Waals surface area contributed by atoms with Crippen LogP contribution < -0.4 is 15.5 Å². The Labute approximate surface area is 166 Å². The lowest BCUT2D eigenvalue weighted by Gasteiger charge is -2.29. The first kappa shape index (κ1) is 19.5.